The zero-order valence-electron chi connectivity index (χ0n) is 11.8. The van der Waals surface area contributed by atoms with Crippen LogP contribution < -0.4 is 0 Å². The predicted octanol–water partition coefficient (Wildman–Crippen LogP) is 3.30. The van der Waals surface area contributed by atoms with Crippen molar-refractivity contribution in [3.63, 3.8) is 0 Å². The lowest BCUT2D eigenvalue weighted by atomic mass is 9.67. The minimum Gasteiger partial charge on any atom is -0.393 e. The molecule has 108 valence electrons. The second-order valence-electron chi connectivity index (χ2n) is 6.31. The number of carbonyl (C=O) groups excluding carboxylic acids is 1. The van der Waals surface area contributed by atoms with Crippen LogP contribution in [0.1, 0.15) is 44.1 Å². The molecule has 0 radical (unpaired) electrons. The Morgan fingerprint density at radius 1 is 1.25 bits per heavy atom. The molecule has 1 aromatic rings. The topological polar surface area (TPSA) is 37.3 Å². The molecule has 0 aliphatic heterocycles. The number of carbonyl (C=O) groups is 1. The van der Waals surface area contributed by atoms with Gasteiger partial charge in [-0.25, -0.2) is 4.39 Å². The fraction of sp³-hybridized carbons (Fsp3) is 0.588. The van der Waals surface area contributed by atoms with Gasteiger partial charge in [0.2, 0.25) is 0 Å². The van der Waals surface area contributed by atoms with Crippen molar-refractivity contribution in [3.8, 4) is 0 Å². The number of aliphatic hydroxyl groups excluding tert-OH is 1. The first kappa shape index (κ1) is 13.7. The molecule has 2 bridgehead atoms. The van der Waals surface area contributed by atoms with Crippen LogP contribution in [0.25, 0.3) is 0 Å². The molecule has 2 saturated carbocycles. The van der Waals surface area contributed by atoms with Gasteiger partial charge in [-0.3, -0.25) is 4.79 Å². The number of ketones is 1. The number of benzene rings is 1. The van der Waals surface area contributed by atoms with E-state index in [0.29, 0.717) is 12.3 Å². The highest BCUT2D eigenvalue weighted by Crippen LogP contribution is 2.52. The lowest BCUT2D eigenvalue weighted by Crippen LogP contribution is -2.35. The summed E-state index contributed by atoms with van der Waals surface area (Å²) in [4.78, 5) is 12.4. The van der Waals surface area contributed by atoms with E-state index in [9.17, 15) is 14.3 Å². The third-order valence-corrected chi connectivity index (χ3v) is 5.17. The van der Waals surface area contributed by atoms with Crippen LogP contribution in [-0.2, 0) is 4.79 Å². The SMILES string of the molecule is CCC(=O)[C@@H]1[C@@H]2CC(CC2O)C[C@H]1c1ccc(F)cc1. The normalized spacial score (nSPS) is 36.0. The molecule has 5 atom stereocenters. The van der Waals surface area contributed by atoms with Crippen molar-refractivity contribution in [2.75, 3.05) is 0 Å². The fourth-order valence-electron chi connectivity index (χ4n) is 4.29. The van der Waals surface area contributed by atoms with Crippen molar-refractivity contribution in [2.45, 2.75) is 44.6 Å². The quantitative estimate of drug-likeness (QED) is 0.919. The molecule has 3 rings (SSSR count). The number of fused-ring (bicyclic) bond motifs is 2. The second kappa shape index (κ2) is 5.28. The number of aliphatic hydroxyl groups is 1. The van der Waals surface area contributed by atoms with Gasteiger partial charge in [0.1, 0.15) is 11.6 Å². The minimum absolute atomic E-state index is 0.0938. The van der Waals surface area contributed by atoms with Gasteiger partial charge in [0.05, 0.1) is 6.10 Å². The van der Waals surface area contributed by atoms with Crippen molar-refractivity contribution >= 4 is 5.78 Å². The van der Waals surface area contributed by atoms with Gasteiger partial charge in [-0.1, -0.05) is 19.1 Å². The average molecular weight is 276 g/mol. The molecule has 1 N–H and O–H groups in total. The second-order valence-corrected chi connectivity index (χ2v) is 6.31. The monoisotopic (exact) mass is 276 g/mol. The smallest absolute Gasteiger partial charge is 0.136 e. The minimum atomic E-state index is -0.342. The van der Waals surface area contributed by atoms with Gasteiger partial charge < -0.3 is 5.11 Å². The Morgan fingerprint density at radius 2 is 1.95 bits per heavy atom. The van der Waals surface area contributed by atoms with E-state index in [4.69, 9.17) is 0 Å². The summed E-state index contributed by atoms with van der Waals surface area (Å²) in [5, 5.41) is 10.2. The molecule has 2 unspecified atom stereocenters. The van der Waals surface area contributed by atoms with Gasteiger partial charge in [-0.05, 0) is 54.7 Å². The molecule has 2 nitrogen and oxygen atoms in total. The Balaban J connectivity index is 1.95. The van der Waals surface area contributed by atoms with E-state index in [-0.39, 0.29) is 35.5 Å². The number of hydrogen-bond acceptors (Lipinski definition) is 2. The highest BCUT2D eigenvalue weighted by atomic mass is 19.1. The van der Waals surface area contributed by atoms with E-state index >= 15 is 0 Å². The Kier molecular flexibility index (Phi) is 3.63. The molecule has 2 fully saturated rings. The molecular weight excluding hydrogens is 255 g/mol. The number of hydrogen-bond donors (Lipinski definition) is 1. The summed E-state index contributed by atoms with van der Waals surface area (Å²) in [6, 6.07) is 6.53. The standard InChI is InChI=1S/C17H21FO2/c1-2-15(19)17-13(11-3-5-12(18)6-4-11)7-10-8-14(17)16(20)9-10/h3-6,10,13-14,16-17,20H,2,7-9H2,1H3/t10?,13-,14+,16?,17-/m0/s1. The van der Waals surface area contributed by atoms with Crippen LogP contribution >= 0.6 is 0 Å². The van der Waals surface area contributed by atoms with Gasteiger partial charge in [0, 0.05) is 12.3 Å². The van der Waals surface area contributed by atoms with Crippen LogP contribution in [0.3, 0.4) is 0 Å². The van der Waals surface area contributed by atoms with E-state index in [0.717, 1.165) is 24.8 Å². The predicted molar refractivity (Wildman–Crippen MR) is 74.8 cm³/mol. The summed E-state index contributed by atoms with van der Waals surface area (Å²) in [7, 11) is 0. The third-order valence-electron chi connectivity index (χ3n) is 5.17. The van der Waals surface area contributed by atoms with Crippen LogP contribution in [0.5, 0.6) is 0 Å². The molecular formula is C17H21FO2. The van der Waals surface area contributed by atoms with Gasteiger partial charge in [0.25, 0.3) is 0 Å². The molecule has 3 heteroatoms. The fourth-order valence-corrected chi connectivity index (χ4v) is 4.29. The molecule has 1 aromatic carbocycles. The molecule has 0 spiro atoms. The Morgan fingerprint density at radius 3 is 2.60 bits per heavy atom. The molecule has 2 aliphatic rings. The van der Waals surface area contributed by atoms with Crippen molar-refractivity contribution in [1.29, 1.82) is 0 Å². The van der Waals surface area contributed by atoms with Crippen LogP contribution in [0.2, 0.25) is 0 Å². The van der Waals surface area contributed by atoms with Gasteiger partial charge >= 0.3 is 0 Å². The maximum Gasteiger partial charge on any atom is 0.136 e. The van der Waals surface area contributed by atoms with Crippen molar-refractivity contribution in [1.82, 2.24) is 0 Å². The first-order chi connectivity index (χ1) is 9.60. The lowest BCUT2D eigenvalue weighted by molar-refractivity contribution is -0.127. The number of rotatable bonds is 3. The third kappa shape index (κ3) is 2.28. The largest absolute Gasteiger partial charge is 0.393 e. The molecule has 0 aromatic heterocycles. The van der Waals surface area contributed by atoms with E-state index in [1.165, 1.54) is 12.1 Å². The van der Waals surface area contributed by atoms with Crippen LogP contribution in [0.15, 0.2) is 24.3 Å². The summed E-state index contributed by atoms with van der Waals surface area (Å²) >= 11 is 0. The van der Waals surface area contributed by atoms with E-state index in [1.807, 2.05) is 6.92 Å². The molecule has 20 heavy (non-hydrogen) atoms. The maximum absolute atomic E-state index is 13.1. The van der Waals surface area contributed by atoms with E-state index < -0.39 is 0 Å². The van der Waals surface area contributed by atoms with Crippen molar-refractivity contribution in [2.24, 2.45) is 17.8 Å². The van der Waals surface area contributed by atoms with E-state index in [2.05, 4.69) is 0 Å². The summed E-state index contributed by atoms with van der Waals surface area (Å²) in [5.74, 6) is 0.639. The zero-order chi connectivity index (χ0) is 14.3. The van der Waals surface area contributed by atoms with Gasteiger partial charge in [-0.15, -0.1) is 0 Å². The zero-order valence-corrected chi connectivity index (χ0v) is 11.8. The molecule has 0 saturated heterocycles. The maximum atomic E-state index is 13.1. The van der Waals surface area contributed by atoms with Crippen molar-refractivity contribution < 1.29 is 14.3 Å². The molecule has 2 aliphatic carbocycles. The Labute approximate surface area is 119 Å². The van der Waals surface area contributed by atoms with E-state index in [1.54, 1.807) is 12.1 Å². The summed E-state index contributed by atoms with van der Waals surface area (Å²) in [6.45, 7) is 1.89. The van der Waals surface area contributed by atoms with Gasteiger partial charge in [0.15, 0.2) is 0 Å². The highest BCUT2D eigenvalue weighted by molar-refractivity contribution is 5.82. The average Bonchev–Trinajstić information content (AvgIpc) is 2.74. The molecule has 0 amide bonds. The van der Waals surface area contributed by atoms with Crippen LogP contribution in [-0.4, -0.2) is 17.0 Å². The first-order valence-electron chi connectivity index (χ1n) is 7.56. The summed E-state index contributed by atoms with van der Waals surface area (Å²) < 4.78 is 13.1. The summed E-state index contributed by atoms with van der Waals surface area (Å²) in [5.41, 5.74) is 1.04. The number of Topliss-reactive ketones (excluding diaryl/α,β-unsaturated/α-hetero) is 1. The van der Waals surface area contributed by atoms with Crippen LogP contribution in [0.4, 0.5) is 4.39 Å². The Hall–Kier alpha value is -1.22. The van der Waals surface area contributed by atoms with Crippen molar-refractivity contribution in [3.05, 3.63) is 35.6 Å². The number of halogens is 1. The summed E-state index contributed by atoms with van der Waals surface area (Å²) in [6.07, 6.45) is 2.89. The lowest BCUT2D eigenvalue weighted by Gasteiger charge is -2.36. The molecule has 0 heterocycles. The van der Waals surface area contributed by atoms with Gasteiger partial charge in [-0.2, -0.15) is 0 Å². The highest BCUT2D eigenvalue weighted by Gasteiger charge is 2.49. The van der Waals surface area contributed by atoms with Crippen LogP contribution in [0, 0.1) is 23.6 Å². The Bertz CT molecular complexity index is 496. The first-order valence-corrected chi connectivity index (χ1v) is 7.56.